The largest absolute Gasteiger partial charge is 0.496 e. The maximum Gasteiger partial charge on any atom is 0.216 e. The zero-order valence-corrected chi connectivity index (χ0v) is 22.3. The second kappa shape index (κ2) is 13.3. The maximum absolute atomic E-state index is 14.1. The van der Waals surface area contributed by atoms with Gasteiger partial charge in [0.2, 0.25) is 5.91 Å². The topological polar surface area (TPSA) is 66.0 Å². The number of nitrogens with one attached hydrogen (secondary N) is 1. The summed E-state index contributed by atoms with van der Waals surface area (Å²) >= 11 is 0. The fourth-order valence-electron chi connectivity index (χ4n) is 4.94. The number of carbonyl (C=O) groups excluding carboxylic acids is 1. The first-order valence-corrected chi connectivity index (χ1v) is 13.1. The molecule has 38 heavy (non-hydrogen) atoms. The van der Waals surface area contributed by atoms with E-state index in [4.69, 9.17) is 18.9 Å². The smallest absolute Gasteiger partial charge is 0.216 e. The number of carbonyl (C=O) groups is 1. The average molecular weight is 522 g/mol. The first-order valence-electron chi connectivity index (χ1n) is 13.1. The quantitative estimate of drug-likeness (QED) is 0.331. The Morgan fingerprint density at radius 3 is 2.37 bits per heavy atom. The van der Waals surface area contributed by atoms with E-state index < -0.39 is 0 Å². The van der Waals surface area contributed by atoms with Gasteiger partial charge in [-0.25, -0.2) is 4.39 Å². The Balaban J connectivity index is 1.44. The predicted octanol–water partition coefficient (Wildman–Crippen LogP) is 6.10. The molecule has 0 saturated heterocycles. The minimum absolute atomic E-state index is 0.0522. The van der Waals surface area contributed by atoms with E-state index >= 15 is 0 Å². The summed E-state index contributed by atoms with van der Waals surface area (Å²) in [7, 11) is 3.28. The predicted molar refractivity (Wildman–Crippen MR) is 145 cm³/mol. The fourth-order valence-corrected chi connectivity index (χ4v) is 4.94. The first kappa shape index (κ1) is 27.5. The lowest BCUT2D eigenvalue weighted by Crippen LogP contribution is -2.28. The van der Waals surface area contributed by atoms with Crippen molar-refractivity contribution in [2.45, 2.75) is 57.8 Å². The number of amides is 1. The summed E-state index contributed by atoms with van der Waals surface area (Å²) in [5, 5.41) is 2.83. The van der Waals surface area contributed by atoms with Crippen molar-refractivity contribution in [2.24, 2.45) is 0 Å². The van der Waals surface area contributed by atoms with E-state index in [1.165, 1.54) is 19.1 Å². The standard InChI is InChI=1S/C31H36FNO5/c1-21(34)33-16-15-28-29(22-8-6-9-24(32)17-22)18-27(19-31(28)36-3)38-26-13-11-25(12-14-26)37-20-23-7-4-5-10-30(23)35-2/h4-10,17-19,25-26H,11-16,20H2,1-3H3,(H,33,34). The van der Waals surface area contributed by atoms with E-state index in [0.29, 0.717) is 31.1 Å². The zero-order chi connectivity index (χ0) is 26.9. The van der Waals surface area contributed by atoms with E-state index in [2.05, 4.69) is 5.32 Å². The molecular formula is C31H36FNO5. The van der Waals surface area contributed by atoms with Gasteiger partial charge in [0.1, 0.15) is 23.1 Å². The number of para-hydroxylation sites is 1. The Labute approximate surface area is 224 Å². The molecule has 7 heteroatoms. The van der Waals surface area contributed by atoms with Gasteiger partial charge in [-0.2, -0.15) is 0 Å². The molecule has 1 aliphatic carbocycles. The average Bonchev–Trinajstić information content (AvgIpc) is 2.93. The van der Waals surface area contributed by atoms with Crippen molar-refractivity contribution < 1.29 is 28.1 Å². The molecule has 3 aromatic rings. The Kier molecular flexibility index (Phi) is 9.60. The van der Waals surface area contributed by atoms with Crippen molar-refractivity contribution in [3.05, 3.63) is 77.6 Å². The molecular weight excluding hydrogens is 485 g/mol. The lowest BCUT2D eigenvalue weighted by atomic mass is 9.94. The van der Waals surface area contributed by atoms with Crippen LogP contribution in [-0.2, 0) is 22.6 Å². The van der Waals surface area contributed by atoms with Crippen LogP contribution in [0.25, 0.3) is 11.1 Å². The number of hydrogen-bond acceptors (Lipinski definition) is 5. The van der Waals surface area contributed by atoms with Gasteiger partial charge < -0.3 is 24.3 Å². The summed E-state index contributed by atoms with van der Waals surface area (Å²) in [4.78, 5) is 11.4. The number of ether oxygens (including phenoxy) is 4. The molecule has 0 radical (unpaired) electrons. The van der Waals surface area contributed by atoms with Crippen LogP contribution in [0.2, 0.25) is 0 Å². The molecule has 1 N–H and O–H groups in total. The molecule has 1 amide bonds. The highest BCUT2D eigenvalue weighted by Gasteiger charge is 2.24. The van der Waals surface area contributed by atoms with Crippen molar-refractivity contribution in [3.8, 4) is 28.4 Å². The summed E-state index contributed by atoms with van der Waals surface area (Å²) in [6, 6.07) is 18.2. The highest BCUT2D eigenvalue weighted by atomic mass is 19.1. The zero-order valence-electron chi connectivity index (χ0n) is 22.3. The number of rotatable bonds is 11. The first-order chi connectivity index (χ1) is 18.5. The maximum atomic E-state index is 14.1. The minimum Gasteiger partial charge on any atom is -0.496 e. The Bertz CT molecular complexity index is 1220. The monoisotopic (exact) mass is 521 g/mol. The van der Waals surface area contributed by atoms with Gasteiger partial charge in [-0.1, -0.05) is 30.3 Å². The molecule has 0 unspecified atom stereocenters. The van der Waals surface area contributed by atoms with Gasteiger partial charge in [-0.15, -0.1) is 0 Å². The minimum atomic E-state index is -0.313. The van der Waals surface area contributed by atoms with E-state index in [0.717, 1.165) is 53.7 Å². The van der Waals surface area contributed by atoms with E-state index in [9.17, 15) is 9.18 Å². The van der Waals surface area contributed by atoms with E-state index in [-0.39, 0.29) is 23.9 Å². The van der Waals surface area contributed by atoms with Gasteiger partial charge in [0, 0.05) is 30.7 Å². The van der Waals surface area contributed by atoms with Crippen LogP contribution in [0.5, 0.6) is 17.2 Å². The Hall–Kier alpha value is -3.58. The second-order valence-corrected chi connectivity index (χ2v) is 9.53. The van der Waals surface area contributed by atoms with Gasteiger partial charge in [0.25, 0.3) is 0 Å². The third-order valence-electron chi connectivity index (χ3n) is 6.88. The van der Waals surface area contributed by atoms with Gasteiger partial charge in [-0.05, 0) is 67.5 Å². The Morgan fingerprint density at radius 1 is 0.921 bits per heavy atom. The molecule has 0 aliphatic heterocycles. The Morgan fingerprint density at radius 2 is 1.66 bits per heavy atom. The van der Waals surface area contributed by atoms with Crippen molar-refractivity contribution in [2.75, 3.05) is 20.8 Å². The number of halogens is 1. The van der Waals surface area contributed by atoms with Crippen LogP contribution in [0.15, 0.2) is 60.7 Å². The molecule has 1 aliphatic rings. The lowest BCUT2D eigenvalue weighted by Gasteiger charge is -2.29. The molecule has 3 aromatic carbocycles. The lowest BCUT2D eigenvalue weighted by molar-refractivity contribution is -0.118. The fraction of sp³-hybridized carbons (Fsp3) is 0.387. The third-order valence-corrected chi connectivity index (χ3v) is 6.88. The van der Waals surface area contributed by atoms with Crippen molar-refractivity contribution in [1.82, 2.24) is 5.32 Å². The normalized spacial score (nSPS) is 17.1. The summed E-state index contributed by atoms with van der Waals surface area (Å²) in [5.74, 6) is 1.77. The molecule has 1 fully saturated rings. The van der Waals surface area contributed by atoms with E-state index in [1.807, 2.05) is 42.5 Å². The SMILES string of the molecule is COc1ccccc1COC1CCC(Oc2cc(OC)c(CCNC(C)=O)c(-c3cccc(F)c3)c2)CC1. The van der Waals surface area contributed by atoms with Crippen LogP contribution >= 0.6 is 0 Å². The molecule has 0 bridgehead atoms. The number of hydrogen-bond donors (Lipinski definition) is 1. The molecule has 6 nitrogen and oxygen atoms in total. The van der Waals surface area contributed by atoms with Crippen LogP contribution in [0, 0.1) is 5.82 Å². The summed E-state index contributed by atoms with van der Waals surface area (Å²) in [6.45, 7) is 2.46. The third kappa shape index (κ3) is 7.25. The van der Waals surface area contributed by atoms with Crippen molar-refractivity contribution >= 4 is 5.91 Å². The van der Waals surface area contributed by atoms with Crippen LogP contribution in [-0.4, -0.2) is 38.9 Å². The molecule has 0 spiro atoms. The van der Waals surface area contributed by atoms with Crippen LogP contribution in [0.3, 0.4) is 0 Å². The van der Waals surface area contributed by atoms with Crippen molar-refractivity contribution in [3.63, 3.8) is 0 Å². The van der Waals surface area contributed by atoms with Gasteiger partial charge in [0.05, 0.1) is 33.0 Å². The summed E-state index contributed by atoms with van der Waals surface area (Å²) in [6.07, 6.45) is 4.33. The van der Waals surface area contributed by atoms with Crippen LogP contribution < -0.4 is 19.5 Å². The highest BCUT2D eigenvalue weighted by Crippen LogP contribution is 2.37. The van der Waals surface area contributed by atoms with Crippen LogP contribution in [0.4, 0.5) is 4.39 Å². The number of methoxy groups -OCH3 is 2. The molecule has 0 atom stereocenters. The van der Waals surface area contributed by atoms with Gasteiger partial charge in [0.15, 0.2) is 0 Å². The second-order valence-electron chi connectivity index (χ2n) is 9.53. The molecule has 0 aromatic heterocycles. The van der Waals surface area contributed by atoms with Gasteiger partial charge >= 0.3 is 0 Å². The molecule has 0 heterocycles. The van der Waals surface area contributed by atoms with Gasteiger partial charge in [-0.3, -0.25) is 4.79 Å². The van der Waals surface area contributed by atoms with Crippen LogP contribution in [0.1, 0.15) is 43.7 Å². The summed E-state index contributed by atoms with van der Waals surface area (Å²) < 4.78 is 37.9. The van der Waals surface area contributed by atoms with Crippen molar-refractivity contribution in [1.29, 1.82) is 0 Å². The molecule has 4 rings (SSSR count). The summed E-state index contributed by atoms with van der Waals surface area (Å²) in [5.41, 5.74) is 3.51. The molecule has 1 saturated carbocycles. The number of benzene rings is 3. The van der Waals surface area contributed by atoms with E-state index in [1.54, 1.807) is 20.3 Å². The molecule has 202 valence electrons. The highest BCUT2D eigenvalue weighted by molar-refractivity contribution is 5.74.